The maximum absolute atomic E-state index is 12.2. The predicted molar refractivity (Wildman–Crippen MR) is 91.9 cm³/mol. The molecule has 1 heterocycles. The Hall–Kier alpha value is -2.92. The van der Waals surface area contributed by atoms with Crippen molar-refractivity contribution in [3.63, 3.8) is 0 Å². The molecule has 0 bridgehead atoms. The molecule has 0 saturated heterocycles. The molecule has 0 fully saturated rings. The standard InChI is InChI=1S/C19H19N3O2/c1-24-14-15-7-9-17(10-8-15)19(23)20-11-16-12-21-22(13-16)18-5-3-2-4-6-18/h2-10,12-13H,11,14H2,1H3,(H,20,23). The lowest BCUT2D eigenvalue weighted by atomic mass is 10.1. The molecule has 3 aromatic rings. The maximum Gasteiger partial charge on any atom is 0.251 e. The van der Waals surface area contributed by atoms with Crippen molar-refractivity contribution < 1.29 is 9.53 Å². The van der Waals surface area contributed by atoms with E-state index in [4.69, 9.17) is 4.74 Å². The molecule has 5 heteroatoms. The van der Waals surface area contributed by atoms with E-state index in [2.05, 4.69) is 10.4 Å². The number of nitrogens with one attached hydrogen (secondary N) is 1. The average molecular weight is 321 g/mol. The number of carbonyl (C=O) groups excluding carboxylic acids is 1. The van der Waals surface area contributed by atoms with Crippen LogP contribution in [0, 0.1) is 0 Å². The number of hydrogen-bond donors (Lipinski definition) is 1. The van der Waals surface area contributed by atoms with Gasteiger partial charge >= 0.3 is 0 Å². The largest absolute Gasteiger partial charge is 0.380 e. The first kappa shape index (κ1) is 16.0. The average Bonchev–Trinajstić information content (AvgIpc) is 3.10. The Morgan fingerprint density at radius 3 is 2.54 bits per heavy atom. The van der Waals surface area contributed by atoms with Gasteiger partial charge in [0.15, 0.2) is 0 Å². The van der Waals surface area contributed by atoms with Crippen LogP contribution >= 0.6 is 0 Å². The van der Waals surface area contributed by atoms with Crippen molar-refractivity contribution in [2.24, 2.45) is 0 Å². The normalized spacial score (nSPS) is 10.5. The summed E-state index contributed by atoms with van der Waals surface area (Å²) in [6.45, 7) is 0.978. The number of ether oxygens (including phenoxy) is 1. The van der Waals surface area contributed by atoms with Crippen molar-refractivity contribution in [3.05, 3.63) is 83.7 Å². The Morgan fingerprint density at radius 2 is 1.83 bits per heavy atom. The third-order valence-electron chi connectivity index (χ3n) is 3.64. The van der Waals surface area contributed by atoms with Crippen LogP contribution < -0.4 is 5.32 Å². The number of benzene rings is 2. The van der Waals surface area contributed by atoms with Crippen molar-refractivity contribution in [3.8, 4) is 5.69 Å². The molecule has 1 aromatic heterocycles. The monoisotopic (exact) mass is 321 g/mol. The number of nitrogens with zero attached hydrogens (tertiary/aromatic N) is 2. The second-order valence-corrected chi connectivity index (χ2v) is 5.44. The van der Waals surface area contributed by atoms with Gasteiger partial charge in [0, 0.05) is 31.0 Å². The number of para-hydroxylation sites is 1. The third-order valence-corrected chi connectivity index (χ3v) is 3.64. The van der Waals surface area contributed by atoms with Crippen LogP contribution in [0.2, 0.25) is 0 Å². The highest BCUT2D eigenvalue weighted by Gasteiger charge is 2.07. The van der Waals surface area contributed by atoms with E-state index >= 15 is 0 Å². The highest BCUT2D eigenvalue weighted by Crippen LogP contribution is 2.09. The summed E-state index contributed by atoms with van der Waals surface area (Å²) >= 11 is 0. The Balaban J connectivity index is 1.59. The van der Waals surface area contributed by atoms with E-state index in [0.29, 0.717) is 18.7 Å². The van der Waals surface area contributed by atoms with Gasteiger partial charge in [-0.05, 0) is 29.8 Å². The second-order valence-electron chi connectivity index (χ2n) is 5.44. The van der Waals surface area contributed by atoms with Gasteiger partial charge in [-0.1, -0.05) is 30.3 Å². The second kappa shape index (κ2) is 7.57. The van der Waals surface area contributed by atoms with Crippen LogP contribution in [0.4, 0.5) is 0 Å². The molecular formula is C19H19N3O2. The number of methoxy groups -OCH3 is 1. The molecule has 1 amide bonds. The van der Waals surface area contributed by atoms with E-state index in [1.165, 1.54) is 0 Å². The first-order valence-corrected chi connectivity index (χ1v) is 7.71. The lowest BCUT2D eigenvalue weighted by Crippen LogP contribution is -2.22. The molecule has 1 N–H and O–H groups in total. The Labute approximate surface area is 140 Å². The lowest BCUT2D eigenvalue weighted by molar-refractivity contribution is 0.0951. The number of carbonyl (C=O) groups is 1. The zero-order chi connectivity index (χ0) is 16.8. The van der Waals surface area contributed by atoms with Gasteiger partial charge in [0.05, 0.1) is 18.5 Å². The Bertz CT molecular complexity index is 795. The topological polar surface area (TPSA) is 56.1 Å². The van der Waals surface area contributed by atoms with Crippen molar-refractivity contribution in [2.45, 2.75) is 13.2 Å². The van der Waals surface area contributed by atoms with Gasteiger partial charge in [0.2, 0.25) is 0 Å². The zero-order valence-electron chi connectivity index (χ0n) is 13.5. The fourth-order valence-electron chi connectivity index (χ4n) is 2.38. The number of rotatable bonds is 6. The maximum atomic E-state index is 12.2. The zero-order valence-corrected chi connectivity index (χ0v) is 13.5. The SMILES string of the molecule is COCc1ccc(C(=O)NCc2cnn(-c3ccccc3)c2)cc1. The van der Waals surface area contributed by atoms with E-state index in [0.717, 1.165) is 16.8 Å². The number of hydrogen-bond acceptors (Lipinski definition) is 3. The van der Waals surface area contributed by atoms with Crippen LogP contribution in [0.15, 0.2) is 67.0 Å². The van der Waals surface area contributed by atoms with Crippen LogP contribution in [-0.2, 0) is 17.9 Å². The van der Waals surface area contributed by atoms with Crippen LogP contribution in [0.25, 0.3) is 5.69 Å². The number of aromatic nitrogens is 2. The minimum absolute atomic E-state index is 0.105. The van der Waals surface area contributed by atoms with E-state index in [1.54, 1.807) is 30.1 Å². The third kappa shape index (κ3) is 3.88. The molecule has 0 aliphatic rings. The molecule has 24 heavy (non-hydrogen) atoms. The van der Waals surface area contributed by atoms with Gasteiger partial charge in [0.25, 0.3) is 5.91 Å². The molecule has 122 valence electrons. The van der Waals surface area contributed by atoms with Crippen LogP contribution in [0.5, 0.6) is 0 Å². The molecule has 0 unspecified atom stereocenters. The minimum Gasteiger partial charge on any atom is -0.380 e. The van der Waals surface area contributed by atoms with Gasteiger partial charge in [0.1, 0.15) is 0 Å². The van der Waals surface area contributed by atoms with Crippen molar-refractivity contribution in [1.82, 2.24) is 15.1 Å². The summed E-state index contributed by atoms with van der Waals surface area (Å²) in [5.41, 5.74) is 3.61. The van der Waals surface area contributed by atoms with Crippen LogP contribution in [0.3, 0.4) is 0 Å². The van der Waals surface area contributed by atoms with E-state index in [-0.39, 0.29) is 5.91 Å². The lowest BCUT2D eigenvalue weighted by Gasteiger charge is -2.05. The predicted octanol–water partition coefficient (Wildman–Crippen LogP) is 2.95. The van der Waals surface area contributed by atoms with Crippen LogP contribution in [0.1, 0.15) is 21.5 Å². The molecule has 3 rings (SSSR count). The van der Waals surface area contributed by atoms with Gasteiger partial charge in [-0.3, -0.25) is 4.79 Å². The highest BCUT2D eigenvalue weighted by atomic mass is 16.5. The molecule has 0 atom stereocenters. The van der Waals surface area contributed by atoms with Gasteiger partial charge in [-0.2, -0.15) is 5.10 Å². The van der Waals surface area contributed by atoms with Crippen molar-refractivity contribution >= 4 is 5.91 Å². The first-order valence-electron chi connectivity index (χ1n) is 7.71. The first-order chi connectivity index (χ1) is 11.8. The van der Waals surface area contributed by atoms with Crippen molar-refractivity contribution in [2.75, 3.05) is 7.11 Å². The molecule has 0 spiro atoms. The molecule has 0 aliphatic heterocycles. The number of amides is 1. The molecule has 0 saturated carbocycles. The highest BCUT2D eigenvalue weighted by molar-refractivity contribution is 5.94. The van der Waals surface area contributed by atoms with E-state index in [9.17, 15) is 4.79 Å². The van der Waals surface area contributed by atoms with Crippen molar-refractivity contribution in [1.29, 1.82) is 0 Å². The van der Waals surface area contributed by atoms with Gasteiger partial charge in [-0.25, -0.2) is 4.68 Å². The van der Waals surface area contributed by atoms with Gasteiger partial charge in [-0.15, -0.1) is 0 Å². The van der Waals surface area contributed by atoms with Gasteiger partial charge < -0.3 is 10.1 Å². The summed E-state index contributed by atoms with van der Waals surface area (Å²) in [5, 5.41) is 7.23. The Morgan fingerprint density at radius 1 is 1.08 bits per heavy atom. The molecule has 0 aliphatic carbocycles. The summed E-state index contributed by atoms with van der Waals surface area (Å²) in [4.78, 5) is 12.2. The summed E-state index contributed by atoms with van der Waals surface area (Å²) in [6.07, 6.45) is 3.67. The van der Waals surface area contributed by atoms with E-state index < -0.39 is 0 Å². The summed E-state index contributed by atoms with van der Waals surface area (Å²) in [7, 11) is 1.65. The smallest absolute Gasteiger partial charge is 0.251 e. The molecular weight excluding hydrogens is 302 g/mol. The molecule has 0 radical (unpaired) electrons. The van der Waals surface area contributed by atoms with E-state index in [1.807, 2.05) is 48.7 Å². The summed E-state index contributed by atoms with van der Waals surface area (Å²) in [5.74, 6) is -0.105. The Kier molecular flexibility index (Phi) is 5.03. The fourth-order valence-corrected chi connectivity index (χ4v) is 2.38. The fraction of sp³-hybridized carbons (Fsp3) is 0.158. The summed E-state index contributed by atoms with van der Waals surface area (Å²) < 4.78 is 6.86. The quantitative estimate of drug-likeness (QED) is 0.759. The summed E-state index contributed by atoms with van der Waals surface area (Å²) in [6, 6.07) is 17.3. The minimum atomic E-state index is -0.105. The molecule has 2 aromatic carbocycles. The molecule has 5 nitrogen and oxygen atoms in total. The van der Waals surface area contributed by atoms with Crippen LogP contribution in [-0.4, -0.2) is 22.8 Å².